The lowest BCUT2D eigenvalue weighted by atomic mass is 10.2. The van der Waals surface area contributed by atoms with Gasteiger partial charge in [0.2, 0.25) is 0 Å². The minimum absolute atomic E-state index is 0.208. The van der Waals surface area contributed by atoms with Gasteiger partial charge in [0.15, 0.2) is 5.69 Å². The number of hydrogen-bond donors (Lipinski definition) is 1. The summed E-state index contributed by atoms with van der Waals surface area (Å²) in [5, 5.41) is 0. The first-order chi connectivity index (χ1) is 10.1. The van der Waals surface area contributed by atoms with Gasteiger partial charge in [-0.25, -0.2) is 4.98 Å². The maximum Gasteiger partial charge on any atom is 0.274 e. The van der Waals surface area contributed by atoms with Gasteiger partial charge in [0.05, 0.1) is 12.2 Å². The number of nitrogens with two attached hydrogens (primary N) is 1. The molecule has 2 aromatic rings. The molecule has 1 aromatic carbocycles. The van der Waals surface area contributed by atoms with Gasteiger partial charge in [-0.1, -0.05) is 17.7 Å². The molecule has 0 aliphatic rings. The number of aryl methyl sites for hydroxylation is 1. The molecule has 110 valence electrons. The molecular weight excluding hydrogens is 266 g/mol. The molecule has 5 nitrogen and oxygen atoms in total. The molecule has 0 unspecified atom stereocenters. The van der Waals surface area contributed by atoms with Crippen LogP contribution in [0.4, 0.5) is 5.69 Å². The van der Waals surface area contributed by atoms with Gasteiger partial charge in [-0.15, -0.1) is 0 Å². The topological polar surface area (TPSA) is 68.5 Å². The average molecular weight is 285 g/mol. The van der Waals surface area contributed by atoms with Crippen molar-refractivity contribution < 1.29 is 9.53 Å². The van der Waals surface area contributed by atoms with Crippen molar-refractivity contribution in [1.82, 2.24) is 9.88 Å². The number of hydrogen-bond acceptors (Lipinski definition) is 4. The van der Waals surface area contributed by atoms with Crippen LogP contribution in [0.5, 0.6) is 5.75 Å². The highest BCUT2D eigenvalue weighted by molar-refractivity contribution is 5.96. The van der Waals surface area contributed by atoms with E-state index in [-0.39, 0.29) is 11.6 Å². The van der Waals surface area contributed by atoms with E-state index in [9.17, 15) is 4.79 Å². The molecule has 1 aromatic heterocycles. The van der Waals surface area contributed by atoms with E-state index in [0.29, 0.717) is 18.8 Å². The summed E-state index contributed by atoms with van der Waals surface area (Å²) in [7, 11) is 1.70. The van der Waals surface area contributed by atoms with Crippen LogP contribution < -0.4 is 10.5 Å². The Morgan fingerprint density at radius 3 is 2.67 bits per heavy atom. The SMILES string of the molecule is Cc1ccc(OCCN(C)C(=O)c2ncccc2N)cc1. The number of ether oxygens (including phenoxy) is 1. The molecule has 0 saturated carbocycles. The summed E-state index contributed by atoms with van der Waals surface area (Å²) in [5.74, 6) is 0.583. The van der Waals surface area contributed by atoms with Crippen LogP contribution >= 0.6 is 0 Å². The Morgan fingerprint density at radius 1 is 1.29 bits per heavy atom. The second-order valence-corrected chi connectivity index (χ2v) is 4.83. The van der Waals surface area contributed by atoms with Crippen LogP contribution in [0.1, 0.15) is 16.1 Å². The van der Waals surface area contributed by atoms with Gasteiger partial charge in [-0.2, -0.15) is 0 Å². The number of anilines is 1. The second kappa shape index (κ2) is 6.74. The van der Waals surface area contributed by atoms with Crippen LogP contribution in [0.15, 0.2) is 42.6 Å². The third-order valence-electron chi connectivity index (χ3n) is 3.10. The van der Waals surface area contributed by atoms with Gasteiger partial charge in [-0.3, -0.25) is 4.79 Å². The van der Waals surface area contributed by atoms with Crippen molar-refractivity contribution in [2.45, 2.75) is 6.92 Å². The normalized spacial score (nSPS) is 10.2. The van der Waals surface area contributed by atoms with Crippen molar-refractivity contribution in [1.29, 1.82) is 0 Å². The molecule has 1 amide bonds. The first kappa shape index (κ1) is 14.8. The van der Waals surface area contributed by atoms with Crippen LogP contribution in [0, 0.1) is 6.92 Å². The van der Waals surface area contributed by atoms with Crippen LogP contribution in [0.2, 0.25) is 0 Å². The number of benzene rings is 1. The van der Waals surface area contributed by atoms with Crippen LogP contribution in [0.25, 0.3) is 0 Å². The van der Waals surface area contributed by atoms with Gasteiger partial charge in [0, 0.05) is 13.2 Å². The molecule has 0 fully saturated rings. The van der Waals surface area contributed by atoms with Crippen LogP contribution in [0.3, 0.4) is 0 Å². The maximum atomic E-state index is 12.2. The third kappa shape index (κ3) is 3.95. The smallest absolute Gasteiger partial charge is 0.274 e. The Labute approximate surface area is 124 Å². The standard InChI is InChI=1S/C16H19N3O2/c1-12-5-7-13(8-6-12)21-11-10-19(2)16(20)15-14(17)4-3-9-18-15/h3-9H,10-11,17H2,1-2H3. The largest absolute Gasteiger partial charge is 0.492 e. The van der Waals surface area contributed by atoms with E-state index < -0.39 is 0 Å². The quantitative estimate of drug-likeness (QED) is 0.913. The Balaban J connectivity index is 1.87. The number of pyridine rings is 1. The van der Waals surface area contributed by atoms with Gasteiger partial charge in [0.25, 0.3) is 5.91 Å². The lowest BCUT2D eigenvalue weighted by Gasteiger charge is -2.17. The molecule has 0 aliphatic heterocycles. The van der Waals surface area contributed by atoms with Gasteiger partial charge < -0.3 is 15.4 Å². The van der Waals surface area contributed by atoms with Crippen LogP contribution in [-0.2, 0) is 0 Å². The van der Waals surface area contributed by atoms with Gasteiger partial charge >= 0.3 is 0 Å². The zero-order valence-electron chi connectivity index (χ0n) is 12.2. The van der Waals surface area contributed by atoms with E-state index in [1.54, 1.807) is 30.3 Å². The Hall–Kier alpha value is -2.56. The Bertz CT molecular complexity index is 611. The predicted molar refractivity (Wildman–Crippen MR) is 82.3 cm³/mol. The van der Waals surface area contributed by atoms with E-state index in [1.165, 1.54) is 5.56 Å². The first-order valence-corrected chi connectivity index (χ1v) is 6.73. The summed E-state index contributed by atoms with van der Waals surface area (Å²) < 4.78 is 5.60. The number of nitrogens with zero attached hydrogens (tertiary/aromatic N) is 2. The number of rotatable bonds is 5. The first-order valence-electron chi connectivity index (χ1n) is 6.73. The molecule has 0 atom stereocenters. The summed E-state index contributed by atoms with van der Waals surface area (Å²) in [6, 6.07) is 11.2. The molecule has 5 heteroatoms. The molecule has 0 spiro atoms. The zero-order chi connectivity index (χ0) is 15.2. The van der Waals surface area contributed by atoms with Crippen molar-refractivity contribution >= 4 is 11.6 Å². The molecule has 0 aliphatic carbocycles. The predicted octanol–water partition coefficient (Wildman–Crippen LogP) is 2.12. The number of nitrogen functional groups attached to an aromatic ring is 1. The lowest BCUT2D eigenvalue weighted by molar-refractivity contribution is 0.0769. The molecule has 0 radical (unpaired) electrons. The molecule has 2 rings (SSSR count). The summed E-state index contributed by atoms with van der Waals surface area (Å²) in [6.45, 7) is 2.90. The van der Waals surface area contributed by atoms with Crippen molar-refractivity contribution in [3.05, 3.63) is 53.9 Å². The lowest BCUT2D eigenvalue weighted by Crippen LogP contribution is -2.32. The highest BCUT2D eigenvalue weighted by Gasteiger charge is 2.15. The zero-order valence-corrected chi connectivity index (χ0v) is 12.2. The van der Waals surface area contributed by atoms with Crippen molar-refractivity contribution in [2.75, 3.05) is 25.9 Å². The van der Waals surface area contributed by atoms with Crippen molar-refractivity contribution in [3.8, 4) is 5.75 Å². The summed E-state index contributed by atoms with van der Waals surface area (Å²) in [4.78, 5) is 17.7. The fourth-order valence-electron chi connectivity index (χ4n) is 1.81. The maximum absolute atomic E-state index is 12.2. The molecular formula is C16H19N3O2. The molecule has 0 saturated heterocycles. The average Bonchev–Trinajstić information content (AvgIpc) is 2.49. The van der Waals surface area contributed by atoms with E-state index in [4.69, 9.17) is 10.5 Å². The third-order valence-corrected chi connectivity index (χ3v) is 3.10. The highest BCUT2D eigenvalue weighted by atomic mass is 16.5. The minimum Gasteiger partial charge on any atom is -0.492 e. The number of aromatic nitrogens is 1. The second-order valence-electron chi connectivity index (χ2n) is 4.83. The van der Waals surface area contributed by atoms with E-state index >= 15 is 0 Å². The Kier molecular flexibility index (Phi) is 4.77. The fraction of sp³-hybridized carbons (Fsp3) is 0.250. The van der Waals surface area contributed by atoms with Gasteiger partial charge in [0.1, 0.15) is 12.4 Å². The van der Waals surface area contributed by atoms with E-state index in [1.807, 2.05) is 31.2 Å². The van der Waals surface area contributed by atoms with E-state index in [2.05, 4.69) is 4.98 Å². The number of carbonyl (C=O) groups excluding carboxylic acids is 1. The monoisotopic (exact) mass is 285 g/mol. The van der Waals surface area contributed by atoms with Crippen molar-refractivity contribution in [2.24, 2.45) is 0 Å². The summed E-state index contributed by atoms with van der Waals surface area (Å²) >= 11 is 0. The van der Waals surface area contributed by atoms with E-state index in [0.717, 1.165) is 5.75 Å². The van der Waals surface area contributed by atoms with Crippen LogP contribution in [-0.4, -0.2) is 36.0 Å². The molecule has 0 bridgehead atoms. The fourth-order valence-corrected chi connectivity index (χ4v) is 1.81. The number of amides is 1. The minimum atomic E-state index is -0.208. The summed E-state index contributed by atoms with van der Waals surface area (Å²) in [6.07, 6.45) is 1.56. The molecule has 21 heavy (non-hydrogen) atoms. The highest BCUT2D eigenvalue weighted by Crippen LogP contribution is 2.12. The molecule has 1 heterocycles. The number of likely N-dealkylation sites (N-methyl/N-ethyl adjacent to an activating group) is 1. The summed E-state index contributed by atoms with van der Waals surface area (Å²) in [5.41, 5.74) is 7.59. The van der Waals surface area contributed by atoms with Crippen molar-refractivity contribution in [3.63, 3.8) is 0 Å². The molecule has 2 N–H and O–H groups in total. The Morgan fingerprint density at radius 2 is 2.00 bits per heavy atom. The van der Waals surface area contributed by atoms with Gasteiger partial charge in [-0.05, 0) is 31.2 Å². The number of carbonyl (C=O) groups is 1.